The lowest BCUT2D eigenvalue weighted by Crippen LogP contribution is -2.18. The van der Waals surface area contributed by atoms with E-state index >= 15 is 0 Å². The number of H-pyrrole nitrogens is 1. The first-order valence-corrected chi connectivity index (χ1v) is 11.4. The second-order valence-corrected chi connectivity index (χ2v) is 9.08. The first-order chi connectivity index (χ1) is 17.4. The van der Waals surface area contributed by atoms with Gasteiger partial charge in [0, 0.05) is 46.4 Å². The van der Waals surface area contributed by atoms with Crippen LogP contribution in [0.3, 0.4) is 0 Å². The number of fused-ring (bicyclic) bond motifs is 1. The van der Waals surface area contributed by atoms with Gasteiger partial charge in [0.15, 0.2) is 0 Å². The number of aromatic amines is 1. The van der Waals surface area contributed by atoms with Crippen LogP contribution in [0.4, 0.5) is 5.69 Å². The van der Waals surface area contributed by atoms with E-state index in [1.807, 2.05) is 49.5 Å². The highest BCUT2D eigenvalue weighted by Gasteiger charge is 2.22. The van der Waals surface area contributed by atoms with Crippen LogP contribution in [0.15, 0.2) is 73.3 Å². The highest BCUT2D eigenvalue weighted by Crippen LogP contribution is 2.31. The van der Waals surface area contributed by atoms with Crippen molar-refractivity contribution in [2.45, 2.75) is 26.2 Å². The smallest absolute Gasteiger partial charge is 0.255 e. The molecular weight excluding hydrogens is 450 g/mol. The monoisotopic (exact) mass is 473 g/mol. The number of nitriles is 1. The Morgan fingerprint density at radius 1 is 1.03 bits per heavy atom. The number of benzene rings is 1. The first kappa shape index (κ1) is 22.9. The van der Waals surface area contributed by atoms with Gasteiger partial charge in [0.2, 0.25) is 0 Å². The maximum absolute atomic E-state index is 13.0. The number of carbonyl (C=O) groups is 1. The standard InChI is InChI=1S/C28H23N7O/c1-17-4-5-20(34-27(36)18-6-9-30-25(13-18)28(2,3)16-29)14-23(17)24-12-19(15-33-35-24)21-7-10-31-26-22(21)8-11-32-26/h4-15H,1-3H3,(H,31,32)(H,34,36). The number of pyridine rings is 2. The van der Waals surface area contributed by atoms with Crippen molar-refractivity contribution in [1.82, 2.24) is 25.1 Å². The Hall–Kier alpha value is -4.90. The number of aryl methyl sites for hydroxylation is 1. The maximum atomic E-state index is 13.0. The quantitative estimate of drug-likeness (QED) is 0.350. The van der Waals surface area contributed by atoms with Crippen LogP contribution in [-0.4, -0.2) is 31.1 Å². The number of rotatable bonds is 5. The zero-order valence-electron chi connectivity index (χ0n) is 20.1. The molecule has 36 heavy (non-hydrogen) atoms. The normalized spacial score (nSPS) is 11.3. The van der Waals surface area contributed by atoms with E-state index in [2.05, 4.69) is 36.5 Å². The molecule has 1 amide bonds. The number of amides is 1. The molecule has 0 saturated heterocycles. The van der Waals surface area contributed by atoms with Gasteiger partial charge in [0.05, 0.1) is 29.1 Å². The Morgan fingerprint density at radius 3 is 2.69 bits per heavy atom. The topological polar surface area (TPSA) is 120 Å². The molecule has 0 saturated carbocycles. The average molecular weight is 474 g/mol. The summed E-state index contributed by atoms with van der Waals surface area (Å²) < 4.78 is 0. The fourth-order valence-corrected chi connectivity index (χ4v) is 4.01. The number of hydrogen-bond acceptors (Lipinski definition) is 6. The van der Waals surface area contributed by atoms with Crippen molar-refractivity contribution < 1.29 is 4.79 Å². The third kappa shape index (κ3) is 4.30. The molecule has 0 bridgehead atoms. The van der Waals surface area contributed by atoms with Gasteiger partial charge in [0.1, 0.15) is 5.65 Å². The van der Waals surface area contributed by atoms with Crippen molar-refractivity contribution in [1.29, 1.82) is 5.26 Å². The largest absolute Gasteiger partial charge is 0.346 e. The predicted molar refractivity (Wildman–Crippen MR) is 138 cm³/mol. The molecule has 8 heteroatoms. The molecule has 0 spiro atoms. The van der Waals surface area contributed by atoms with Gasteiger partial charge in [-0.05, 0) is 74.4 Å². The Bertz CT molecular complexity index is 1650. The minimum atomic E-state index is -0.794. The third-order valence-electron chi connectivity index (χ3n) is 6.14. The Kier molecular flexibility index (Phi) is 5.74. The van der Waals surface area contributed by atoms with Crippen LogP contribution in [-0.2, 0) is 5.41 Å². The zero-order valence-corrected chi connectivity index (χ0v) is 20.1. The number of hydrogen-bond donors (Lipinski definition) is 2. The summed E-state index contributed by atoms with van der Waals surface area (Å²) in [4.78, 5) is 24.7. The van der Waals surface area contributed by atoms with E-state index < -0.39 is 5.41 Å². The van der Waals surface area contributed by atoms with Crippen LogP contribution in [0.1, 0.15) is 35.5 Å². The van der Waals surface area contributed by atoms with E-state index in [0.29, 0.717) is 22.6 Å². The first-order valence-electron chi connectivity index (χ1n) is 11.4. The van der Waals surface area contributed by atoms with Crippen LogP contribution < -0.4 is 5.32 Å². The maximum Gasteiger partial charge on any atom is 0.255 e. The van der Waals surface area contributed by atoms with Crippen molar-refractivity contribution in [3.05, 3.63) is 90.1 Å². The number of anilines is 1. The summed E-state index contributed by atoms with van der Waals surface area (Å²) in [6, 6.07) is 17.1. The van der Waals surface area contributed by atoms with E-state index in [1.54, 1.807) is 44.6 Å². The molecule has 176 valence electrons. The Labute approximate surface area is 208 Å². The highest BCUT2D eigenvalue weighted by atomic mass is 16.1. The highest BCUT2D eigenvalue weighted by molar-refractivity contribution is 6.04. The van der Waals surface area contributed by atoms with Crippen molar-refractivity contribution in [3.63, 3.8) is 0 Å². The van der Waals surface area contributed by atoms with Crippen molar-refractivity contribution in [3.8, 4) is 28.5 Å². The van der Waals surface area contributed by atoms with Crippen LogP contribution in [0.25, 0.3) is 33.4 Å². The molecule has 4 aromatic heterocycles. The van der Waals surface area contributed by atoms with Gasteiger partial charge < -0.3 is 10.3 Å². The minimum absolute atomic E-state index is 0.284. The van der Waals surface area contributed by atoms with Gasteiger partial charge >= 0.3 is 0 Å². The molecule has 0 radical (unpaired) electrons. The molecule has 0 unspecified atom stereocenters. The van der Waals surface area contributed by atoms with Crippen LogP contribution in [0, 0.1) is 18.3 Å². The second kappa shape index (κ2) is 9.04. The SMILES string of the molecule is Cc1ccc(NC(=O)c2ccnc(C(C)(C)C#N)c2)cc1-c1cc(-c2ccnc3[nH]ccc23)cnn1. The summed E-state index contributed by atoms with van der Waals surface area (Å²) >= 11 is 0. The van der Waals surface area contributed by atoms with Gasteiger partial charge in [-0.1, -0.05) is 6.07 Å². The Morgan fingerprint density at radius 2 is 1.86 bits per heavy atom. The number of carbonyl (C=O) groups excluding carboxylic acids is 1. The summed E-state index contributed by atoms with van der Waals surface area (Å²) in [6.07, 6.45) is 6.90. The lowest BCUT2D eigenvalue weighted by Gasteiger charge is -2.15. The fourth-order valence-electron chi connectivity index (χ4n) is 4.01. The molecule has 2 N–H and O–H groups in total. The lowest BCUT2D eigenvalue weighted by atomic mass is 9.90. The summed E-state index contributed by atoms with van der Waals surface area (Å²) in [6.45, 7) is 5.53. The number of nitrogens with zero attached hydrogens (tertiary/aromatic N) is 5. The van der Waals surface area contributed by atoms with Gasteiger partial charge in [-0.25, -0.2) is 4.98 Å². The molecule has 5 aromatic rings. The summed E-state index contributed by atoms with van der Waals surface area (Å²) in [7, 11) is 0. The molecule has 8 nitrogen and oxygen atoms in total. The van der Waals surface area contributed by atoms with Crippen LogP contribution in [0.5, 0.6) is 0 Å². The van der Waals surface area contributed by atoms with Crippen LogP contribution in [0.2, 0.25) is 0 Å². The molecule has 0 atom stereocenters. The summed E-state index contributed by atoms with van der Waals surface area (Å²) in [5.41, 5.74) is 6.11. The van der Waals surface area contributed by atoms with E-state index in [-0.39, 0.29) is 5.91 Å². The van der Waals surface area contributed by atoms with E-state index in [1.165, 1.54) is 0 Å². The van der Waals surface area contributed by atoms with Crippen LogP contribution >= 0.6 is 0 Å². The predicted octanol–water partition coefficient (Wildman–Crippen LogP) is 5.44. The van der Waals surface area contributed by atoms with Gasteiger partial charge in [0.25, 0.3) is 5.91 Å². The molecule has 0 aliphatic carbocycles. The molecule has 0 aliphatic heterocycles. The second-order valence-electron chi connectivity index (χ2n) is 9.08. The zero-order chi connectivity index (χ0) is 25.3. The number of aromatic nitrogens is 5. The lowest BCUT2D eigenvalue weighted by molar-refractivity contribution is 0.102. The van der Waals surface area contributed by atoms with Gasteiger partial charge in [-0.3, -0.25) is 9.78 Å². The summed E-state index contributed by atoms with van der Waals surface area (Å²) in [5.74, 6) is -0.284. The van der Waals surface area contributed by atoms with Crippen molar-refractivity contribution in [2.75, 3.05) is 5.32 Å². The average Bonchev–Trinajstić information content (AvgIpc) is 3.39. The minimum Gasteiger partial charge on any atom is -0.346 e. The molecule has 0 aliphatic rings. The van der Waals surface area contributed by atoms with E-state index in [4.69, 9.17) is 0 Å². The Balaban J connectivity index is 1.46. The van der Waals surface area contributed by atoms with Gasteiger partial charge in [-0.15, -0.1) is 0 Å². The van der Waals surface area contributed by atoms with Crippen molar-refractivity contribution >= 4 is 22.6 Å². The molecule has 1 aromatic carbocycles. The number of nitrogens with one attached hydrogen (secondary N) is 2. The molecule has 0 fully saturated rings. The van der Waals surface area contributed by atoms with E-state index in [9.17, 15) is 10.1 Å². The van der Waals surface area contributed by atoms with E-state index in [0.717, 1.165) is 33.3 Å². The third-order valence-corrected chi connectivity index (χ3v) is 6.14. The van der Waals surface area contributed by atoms with Gasteiger partial charge in [-0.2, -0.15) is 15.5 Å². The summed E-state index contributed by atoms with van der Waals surface area (Å²) in [5, 5.41) is 22.0. The molecule has 5 rings (SSSR count). The van der Waals surface area contributed by atoms with Crippen molar-refractivity contribution in [2.24, 2.45) is 0 Å². The molecular formula is C28H23N7O. The molecule has 4 heterocycles. The fraction of sp³-hybridized carbons (Fsp3) is 0.143.